The van der Waals surface area contributed by atoms with Gasteiger partial charge in [0, 0.05) is 25.8 Å². The maximum atomic E-state index is 13.7. The fourth-order valence-electron chi connectivity index (χ4n) is 5.23. The van der Waals surface area contributed by atoms with Crippen LogP contribution in [-0.4, -0.2) is 58.4 Å². The van der Waals surface area contributed by atoms with Gasteiger partial charge in [0.15, 0.2) is 11.5 Å². The van der Waals surface area contributed by atoms with Crippen molar-refractivity contribution in [3.05, 3.63) is 69.0 Å². The van der Waals surface area contributed by atoms with Crippen LogP contribution in [0.4, 0.5) is 5.82 Å². The first-order chi connectivity index (χ1) is 18.9. The van der Waals surface area contributed by atoms with E-state index >= 15 is 0 Å². The normalized spacial score (nSPS) is 17.3. The van der Waals surface area contributed by atoms with Crippen molar-refractivity contribution in [3.8, 4) is 11.5 Å². The molecule has 204 valence electrons. The van der Waals surface area contributed by atoms with Gasteiger partial charge in [0.25, 0.3) is 11.5 Å². The monoisotopic (exact) mass is 564 g/mol. The lowest BCUT2D eigenvalue weighted by molar-refractivity contribution is -0.122. The molecule has 2 fully saturated rings. The van der Waals surface area contributed by atoms with Gasteiger partial charge in [-0.15, -0.1) is 0 Å². The van der Waals surface area contributed by atoms with Crippen molar-refractivity contribution in [2.24, 2.45) is 0 Å². The van der Waals surface area contributed by atoms with E-state index in [9.17, 15) is 9.59 Å². The Morgan fingerprint density at radius 2 is 1.87 bits per heavy atom. The molecule has 0 bridgehead atoms. The van der Waals surface area contributed by atoms with Gasteiger partial charge in [-0.1, -0.05) is 55.4 Å². The van der Waals surface area contributed by atoms with Gasteiger partial charge in [0.05, 0.1) is 24.7 Å². The highest BCUT2D eigenvalue weighted by Gasteiger charge is 2.33. The number of thioether (sulfide) groups is 1. The number of amides is 1. The Morgan fingerprint density at radius 1 is 1.10 bits per heavy atom. The number of ether oxygens (including phenoxy) is 2. The van der Waals surface area contributed by atoms with E-state index in [1.807, 2.05) is 37.4 Å². The zero-order valence-corrected chi connectivity index (χ0v) is 24.0. The van der Waals surface area contributed by atoms with E-state index in [2.05, 4.69) is 4.90 Å². The summed E-state index contributed by atoms with van der Waals surface area (Å²) >= 11 is 6.81. The van der Waals surface area contributed by atoms with Crippen LogP contribution < -0.4 is 19.9 Å². The van der Waals surface area contributed by atoms with E-state index in [1.54, 1.807) is 37.5 Å². The summed E-state index contributed by atoms with van der Waals surface area (Å²) < 4.78 is 12.7. The number of carbonyl (C=O) groups is 1. The van der Waals surface area contributed by atoms with Gasteiger partial charge in [-0.3, -0.25) is 18.9 Å². The van der Waals surface area contributed by atoms with E-state index < -0.39 is 0 Å². The molecule has 0 N–H and O–H groups in total. The molecule has 0 unspecified atom stereocenters. The molecule has 2 aliphatic rings. The van der Waals surface area contributed by atoms with Gasteiger partial charge in [0.2, 0.25) is 0 Å². The molecule has 1 aliphatic heterocycles. The van der Waals surface area contributed by atoms with Crippen LogP contribution in [0.2, 0.25) is 0 Å². The van der Waals surface area contributed by atoms with Crippen molar-refractivity contribution in [3.63, 3.8) is 0 Å². The molecule has 1 amide bonds. The summed E-state index contributed by atoms with van der Waals surface area (Å²) in [5, 5.41) is 0. The summed E-state index contributed by atoms with van der Waals surface area (Å²) in [4.78, 5) is 36.2. The molecule has 1 aromatic carbocycles. The van der Waals surface area contributed by atoms with Crippen LogP contribution in [0.5, 0.6) is 11.5 Å². The Hall–Kier alpha value is -3.37. The number of methoxy groups -OCH3 is 2. The van der Waals surface area contributed by atoms with Gasteiger partial charge in [0.1, 0.15) is 15.8 Å². The molecule has 1 saturated heterocycles. The van der Waals surface area contributed by atoms with Crippen molar-refractivity contribution >= 4 is 51.7 Å². The maximum Gasteiger partial charge on any atom is 0.267 e. The predicted molar refractivity (Wildman–Crippen MR) is 160 cm³/mol. The van der Waals surface area contributed by atoms with Gasteiger partial charge in [-0.25, -0.2) is 4.98 Å². The molecule has 8 nitrogen and oxygen atoms in total. The zero-order chi connectivity index (χ0) is 27.5. The minimum Gasteiger partial charge on any atom is -0.493 e. The average Bonchev–Trinajstić information content (AvgIpc) is 3.24. The van der Waals surface area contributed by atoms with Crippen LogP contribution in [0.3, 0.4) is 0 Å². The molecular formula is C29H32N4O4S2. The van der Waals surface area contributed by atoms with Crippen LogP contribution in [0.1, 0.15) is 43.2 Å². The number of aromatic nitrogens is 2. The van der Waals surface area contributed by atoms with E-state index in [-0.39, 0.29) is 11.5 Å². The summed E-state index contributed by atoms with van der Waals surface area (Å²) in [5.41, 5.74) is 1.79. The van der Waals surface area contributed by atoms with Crippen molar-refractivity contribution in [2.45, 2.75) is 44.6 Å². The van der Waals surface area contributed by atoms with Crippen LogP contribution in [0.15, 0.2) is 52.3 Å². The Labute approximate surface area is 237 Å². The van der Waals surface area contributed by atoms with E-state index in [4.69, 9.17) is 26.7 Å². The molecular weight excluding hydrogens is 532 g/mol. The fraction of sp³-hybridized carbons (Fsp3) is 0.379. The number of anilines is 1. The second kappa shape index (κ2) is 11.8. The number of nitrogens with zero attached hydrogens (tertiary/aromatic N) is 4. The molecule has 1 saturated carbocycles. The van der Waals surface area contributed by atoms with E-state index in [0.717, 1.165) is 31.2 Å². The lowest BCUT2D eigenvalue weighted by Crippen LogP contribution is -2.36. The predicted octanol–water partition coefficient (Wildman–Crippen LogP) is 4.92. The molecule has 5 rings (SSSR count). The molecule has 39 heavy (non-hydrogen) atoms. The summed E-state index contributed by atoms with van der Waals surface area (Å²) in [6.45, 7) is 0.418. The lowest BCUT2D eigenvalue weighted by atomic mass is 9.94. The van der Waals surface area contributed by atoms with Gasteiger partial charge in [-0.2, -0.15) is 0 Å². The first-order valence-electron chi connectivity index (χ1n) is 13.1. The number of carbonyl (C=O) groups excluding carboxylic acids is 1. The van der Waals surface area contributed by atoms with Crippen LogP contribution in [0.25, 0.3) is 11.7 Å². The van der Waals surface area contributed by atoms with Crippen molar-refractivity contribution in [1.29, 1.82) is 0 Å². The van der Waals surface area contributed by atoms with Crippen LogP contribution >= 0.6 is 24.0 Å². The highest BCUT2D eigenvalue weighted by Crippen LogP contribution is 2.35. The second-order valence-corrected chi connectivity index (χ2v) is 11.4. The smallest absolute Gasteiger partial charge is 0.267 e. The van der Waals surface area contributed by atoms with Gasteiger partial charge < -0.3 is 14.4 Å². The maximum absolute atomic E-state index is 13.7. The zero-order valence-electron chi connectivity index (χ0n) is 22.4. The number of fused-ring (bicyclic) bond motifs is 1. The number of pyridine rings is 1. The highest BCUT2D eigenvalue weighted by molar-refractivity contribution is 8.26. The highest BCUT2D eigenvalue weighted by atomic mass is 32.2. The number of hydrogen-bond donors (Lipinski definition) is 0. The molecule has 10 heteroatoms. The van der Waals surface area contributed by atoms with E-state index in [1.165, 1.54) is 22.6 Å². The Bertz CT molecular complexity index is 1500. The summed E-state index contributed by atoms with van der Waals surface area (Å²) in [6.07, 6.45) is 9.66. The van der Waals surface area contributed by atoms with Crippen LogP contribution in [0, 0.1) is 0 Å². The number of thiocarbonyl (C=S) groups is 1. The first-order valence-corrected chi connectivity index (χ1v) is 14.3. The minimum atomic E-state index is -0.200. The standard InChI is InChI=1S/C29H32N4O4S2/c1-31(20-9-5-4-6-10-20)26-21(27(34)32-15-8-7-11-25(32)30-26)18-24-28(35)33(29(38)39-24)16-14-19-12-13-22(36-2)23(17-19)37-3/h7-8,11-13,15,17-18,20H,4-6,9-10,14,16H2,1-3H3/b24-18+. The topological polar surface area (TPSA) is 76.4 Å². The first kappa shape index (κ1) is 27.2. The van der Waals surface area contributed by atoms with E-state index in [0.29, 0.717) is 56.8 Å². The third kappa shape index (κ3) is 5.53. The molecule has 0 spiro atoms. The van der Waals surface area contributed by atoms with Gasteiger partial charge in [-0.05, 0) is 55.2 Å². The summed E-state index contributed by atoms with van der Waals surface area (Å²) in [5.74, 6) is 1.70. The van der Waals surface area contributed by atoms with Gasteiger partial charge >= 0.3 is 0 Å². The Balaban J connectivity index is 1.44. The lowest BCUT2D eigenvalue weighted by Gasteiger charge is -2.33. The van der Waals surface area contributed by atoms with Crippen molar-refractivity contribution < 1.29 is 14.3 Å². The van der Waals surface area contributed by atoms with Crippen molar-refractivity contribution in [2.75, 3.05) is 32.7 Å². The number of rotatable bonds is 8. The third-order valence-electron chi connectivity index (χ3n) is 7.43. The summed E-state index contributed by atoms with van der Waals surface area (Å²) in [6, 6.07) is 11.5. The molecule has 1 aliphatic carbocycles. The Morgan fingerprint density at radius 3 is 2.62 bits per heavy atom. The van der Waals surface area contributed by atoms with Crippen molar-refractivity contribution in [1.82, 2.24) is 14.3 Å². The molecule has 2 aromatic heterocycles. The summed E-state index contributed by atoms with van der Waals surface area (Å²) in [7, 11) is 5.20. The number of benzene rings is 1. The molecule has 3 aromatic rings. The minimum absolute atomic E-state index is 0.200. The molecule has 0 radical (unpaired) electrons. The fourth-order valence-corrected chi connectivity index (χ4v) is 6.52. The average molecular weight is 565 g/mol. The van der Waals surface area contributed by atoms with Crippen LogP contribution in [-0.2, 0) is 11.2 Å². The molecule has 0 atom stereocenters. The number of hydrogen-bond acceptors (Lipinski definition) is 8. The largest absolute Gasteiger partial charge is 0.493 e. The third-order valence-corrected chi connectivity index (χ3v) is 8.80. The Kier molecular flexibility index (Phi) is 8.23. The molecule has 3 heterocycles. The quantitative estimate of drug-likeness (QED) is 0.282. The SMILES string of the molecule is COc1ccc(CCN2C(=O)/C(=C\c3c(N(C)C4CCCCC4)nc4ccccn4c3=O)SC2=S)cc1OC. The second-order valence-electron chi connectivity index (χ2n) is 9.76.